The molecule has 2 rings (SSSR count). The summed E-state index contributed by atoms with van der Waals surface area (Å²) in [6.45, 7) is 0.357. The number of carboxylic acid groups (broad SMARTS) is 1. The van der Waals surface area contributed by atoms with Crippen molar-refractivity contribution in [3.05, 3.63) is 23.8 Å². The molecule has 1 heterocycles. The first-order valence-electron chi connectivity index (χ1n) is 6.46. The Balaban J connectivity index is 2.42. The predicted molar refractivity (Wildman–Crippen MR) is 74.0 cm³/mol. The molecular formula is C13H17NO6S. The van der Waals surface area contributed by atoms with Crippen LogP contribution in [-0.2, 0) is 10.0 Å². The normalized spacial score (nSPS) is 20.2. The molecule has 1 unspecified atom stereocenters. The number of rotatable bonds is 4. The number of sulfonamides is 1. The molecule has 0 bridgehead atoms. The minimum atomic E-state index is -3.82. The highest BCUT2D eigenvalue weighted by Gasteiger charge is 2.31. The molecule has 0 saturated carbocycles. The molecule has 0 aromatic heterocycles. The number of benzene rings is 1. The van der Waals surface area contributed by atoms with Crippen molar-refractivity contribution >= 4 is 16.0 Å². The summed E-state index contributed by atoms with van der Waals surface area (Å²) in [5.74, 6) is -1.18. The topological polar surface area (TPSA) is 104 Å². The molecule has 1 aliphatic heterocycles. The molecule has 7 nitrogen and oxygen atoms in total. The van der Waals surface area contributed by atoms with E-state index in [4.69, 9.17) is 9.84 Å². The predicted octanol–water partition coefficient (Wildman–Crippen LogP) is 0.539. The van der Waals surface area contributed by atoms with E-state index in [1.54, 1.807) is 0 Å². The highest BCUT2D eigenvalue weighted by atomic mass is 32.2. The summed E-state index contributed by atoms with van der Waals surface area (Å²) in [5.41, 5.74) is -0.0514. The third-order valence-electron chi connectivity index (χ3n) is 3.39. The Morgan fingerprint density at radius 1 is 1.43 bits per heavy atom. The van der Waals surface area contributed by atoms with Gasteiger partial charge in [-0.25, -0.2) is 13.2 Å². The largest absolute Gasteiger partial charge is 0.495 e. The molecule has 8 heteroatoms. The number of carboxylic acids is 1. The van der Waals surface area contributed by atoms with E-state index in [0.29, 0.717) is 19.4 Å². The second-order valence-electron chi connectivity index (χ2n) is 4.83. The standard InChI is InChI=1S/C13H17NO6S/c1-20-11-7-9(13(16)17)4-5-12(11)21(18,19)14-6-2-3-10(15)8-14/h4-5,7,10,15H,2-3,6,8H2,1H3,(H,16,17). The minimum Gasteiger partial charge on any atom is -0.495 e. The fraction of sp³-hybridized carbons (Fsp3) is 0.462. The van der Waals surface area contributed by atoms with Crippen LogP contribution in [-0.4, -0.2) is 55.2 Å². The van der Waals surface area contributed by atoms with E-state index < -0.39 is 22.1 Å². The lowest BCUT2D eigenvalue weighted by molar-refractivity contribution is 0.0696. The lowest BCUT2D eigenvalue weighted by atomic mass is 10.1. The van der Waals surface area contributed by atoms with Crippen LogP contribution in [0.25, 0.3) is 0 Å². The number of ether oxygens (including phenoxy) is 1. The van der Waals surface area contributed by atoms with Gasteiger partial charge in [0.1, 0.15) is 10.6 Å². The average molecular weight is 315 g/mol. The Labute approximate surface area is 122 Å². The van der Waals surface area contributed by atoms with Gasteiger partial charge >= 0.3 is 5.97 Å². The van der Waals surface area contributed by atoms with Crippen LogP contribution in [0.15, 0.2) is 23.1 Å². The fourth-order valence-corrected chi connectivity index (χ4v) is 3.94. The van der Waals surface area contributed by atoms with Gasteiger partial charge < -0.3 is 14.9 Å². The van der Waals surface area contributed by atoms with E-state index >= 15 is 0 Å². The van der Waals surface area contributed by atoms with Crippen molar-refractivity contribution in [2.75, 3.05) is 20.2 Å². The number of aromatic carboxylic acids is 1. The summed E-state index contributed by atoms with van der Waals surface area (Å²) in [4.78, 5) is 10.8. The summed E-state index contributed by atoms with van der Waals surface area (Å²) in [7, 11) is -2.54. The van der Waals surface area contributed by atoms with E-state index in [0.717, 1.165) is 0 Å². The van der Waals surface area contributed by atoms with Crippen LogP contribution in [0.3, 0.4) is 0 Å². The first-order chi connectivity index (χ1) is 9.86. The Bertz CT molecular complexity index is 642. The quantitative estimate of drug-likeness (QED) is 0.840. The molecule has 21 heavy (non-hydrogen) atoms. The molecule has 0 radical (unpaired) electrons. The summed E-state index contributed by atoms with van der Waals surface area (Å²) in [6.07, 6.45) is 0.467. The van der Waals surface area contributed by atoms with Gasteiger partial charge in [-0.05, 0) is 31.0 Å². The van der Waals surface area contributed by atoms with E-state index in [2.05, 4.69) is 0 Å². The molecule has 1 atom stereocenters. The van der Waals surface area contributed by atoms with Crippen molar-refractivity contribution in [1.29, 1.82) is 0 Å². The average Bonchev–Trinajstić information content (AvgIpc) is 2.46. The van der Waals surface area contributed by atoms with Crippen molar-refractivity contribution in [2.24, 2.45) is 0 Å². The van der Waals surface area contributed by atoms with Gasteiger partial charge in [0.05, 0.1) is 18.8 Å². The van der Waals surface area contributed by atoms with E-state index in [-0.39, 0.29) is 22.8 Å². The second kappa shape index (κ2) is 6.00. The molecule has 0 spiro atoms. The molecule has 0 amide bonds. The zero-order valence-corrected chi connectivity index (χ0v) is 12.3. The number of aliphatic hydroxyl groups is 1. The van der Waals surface area contributed by atoms with Gasteiger partial charge in [-0.3, -0.25) is 0 Å². The van der Waals surface area contributed by atoms with Crippen molar-refractivity contribution in [3.8, 4) is 5.75 Å². The number of methoxy groups -OCH3 is 1. The zero-order valence-electron chi connectivity index (χ0n) is 11.5. The van der Waals surface area contributed by atoms with Crippen LogP contribution < -0.4 is 4.74 Å². The second-order valence-corrected chi connectivity index (χ2v) is 6.74. The molecule has 1 aromatic carbocycles. The van der Waals surface area contributed by atoms with Crippen LogP contribution in [0, 0.1) is 0 Å². The van der Waals surface area contributed by atoms with Crippen molar-refractivity contribution in [3.63, 3.8) is 0 Å². The first-order valence-corrected chi connectivity index (χ1v) is 7.90. The minimum absolute atomic E-state index is 0.0186. The van der Waals surface area contributed by atoms with Crippen molar-refractivity contribution in [2.45, 2.75) is 23.8 Å². The molecule has 0 aliphatic carbocycles. The van der Waals surface area contributed by atoms with E-state index in [9.17, 15) is 18.3 Å². The lowest BCUT2D eigenvalue weighted by Crippen LogP contribution is -2.42. The number of hydrogen-bond donors (Lipinski definition) is 2. The third-order valence-corrected chi connectivity index (χ3v) is 5.29. The van der Waals surface area contributed by atoms with Gasteiger partial charge in [0.15, 0.2) is 0 Å². The SMILES string of the molecule is COc1cc(C(=O)O)ccc1S(=O)(=O)N1CCCC(O)C1. The van der Waals surface area contributed by atoms with Gasteiger partial charge in [0.25, 0.3) is 0 Å². The molecule has 116 valence electrons. The first kappa shape index (κ1) is 15.7. The lowest BCUT2D eigenvalue weighted by Gasteiger charge is -2.29. The van der Waals surface area contributed by atoms with Crippen molar-refractivity contribution in [1.82, 2.24) is 4.31 Å². The van der Waals surface area contributed by atoms with Crippen LogP contribution in [0.4, 0.5) is 0 Å². The van der Waals surface area contributed by atoms with Crippen molar-refractivity contribution < 1.29 is 28.2 Å². The fourth-order valence-electron chi connectivity index (χ4n) is 2.29. The summed E-state index contributed by atoms with van der Waals surface area (Å²) < 4.78 is 31.4. The number of carbonyl (C=O) groups is 1. The van der Waals surface area contributed by atoms with Gasteiger partial charge in [0.2, 0.25) is 10.0 Å². The highest BCUT2D eigenvalue weighted by molar-refractivity contribution is 7.89. The zero-order chi connectivity index (χ0) is 15.6. The number of aliphatic hydroxyl groups excluding tert-OH is 1. The molecule has 1 aromatic rings. The van der Waals surface area contributed by atoms with Gasteiger partial charge in [-0.15, -0.1) is 0 Å². The van der Waals surface area contributed by atoms with Crippen LogP contribution in [0.2, 0.25) is 0 Å². The number of piperidine rings is 1. The molecule has 1 aliphatic rings. The Morgan fingerprint density at radius 2 is 2.14 bits per heavy atom. The maximum atomic E-state index is 12.6. The monoisotopic (exact) mass is 315 g/mol. The number of β-amino-alcohol motifs (C(OH)–C–C–N with tert-alkyl or cyclic N) is 1. The highest BCUT2D eigenvalue weighted by Crippen LogP contribution is 2.29. The Hall–Kier alpha value is -1.64. The van der Waals surface area contributed by atoms with Gasteiger partial charge in [-0.2, -0.15) is 4.31 Å². The number of hydrogen-bond acceptors (Lipinski definition) is 5. The van der Waals surface area contributed by atoms with Crippen LogP contribution in [0.1, 0.15) is 23.2 Å². The van der Waals surface area contributed by atoms with E-state index in [1.165, 1.54) is 29.6 Å². The summed E-state index contributed by atoms with van der Waals surface area (Å²) in [6, 6.07) is 3.62. The molecule has 1 saturated heterocycles. The molecule has 1 fully saturated rings. The van der Waals surface area contributed by atoms with Gasteiger partial charge in [0, 0.05) is 13.1 Å². The molecular weight excluding hydrogens is 298 g/mol. The third kappa shape index (κ3) is 3.17. The maximum absolute atomic E-state index is 12.6. The van der Waals surface area contributed by atoms with Crippen LogP contribution in [0.5, 0.6) is 5.75 Å². The Kier molecular flexibility index (Phi) is 4.50. The smallest absolute Gasteiger partial charge is 0.335 e. The Morgan fingerprint density at radius 3 is 2.71 bits per heavy atom. The maximum Gasteiger partial charge on any atom is 0.335 e. The summed E-state index contributed by atoms with van der Waals surface area (Å²) >= 11 is 0. The van der Waals surface area contributed by atoms with Gasteiger partial charge in [-0.1, -0.05) is 0 Å². The summed E-state index contributed by atoms with van der Waals surface area (Å²) in [5, 5.41) is 18.6. The van der Waals surface area contributed by atoms with E-state index in [1.807, 2.05) is 0 Å². The number of nitrogens with zero attached hydrogens (tertiary/aromatic N) is 1. The molecule has 2 N–H and O–H groups in total. The van der Waals surface area contributed by atoms with Crippen LogP contribution >= 0.6 is 0 Å².